The zero-order valence-electron chi connectivity index (χ0n) is 11.7. The smallest absolute Gasteiger partial charge is 0.151 e. The number of nitrogens with zero attached hydrogens (tertiary/aromatic N) is 2. The number of hydrogen-bond donors (Lipinski definition) is 2. The Kier molecular flexibility index (Phi) is 3.58. The topological polar surface area (TPSA) is 50.1 Å². The number of benzene rings is 2. The van der Waals surface area contributed by atoms with Crippen LogP contribution in [0.1, 0.15) is 0 Å². The fraction of sp³-hybridized carbons (Fsp3) is 0.188. The van der Waals surface area contributed by atoms with E-state index in [0.29, 0.717) is 12.1 Å². The van der Waals surface area contributed by atoms with E-state index in [1.54, 1.807) is 6.07 Å². The van der Waals surface area contributed by atoms with E-state index in [1.807, 2.05) is 41.9 Å². The van der Waals surface area contributed by atoms with Crippen LogP contribution in [0.5, 0.6) is 0 Å². The van der Waals surface area contributed by atoms with Crippen molar-refractivity contribution < 1.29 is 9.50 Å². The lowest BCUT2D eigenvalue weighted by molar-refractivity contribution is 0.311. The monoisotopic (exact) mass is 285 g/mol. The molecule has 21 heavy (non-hydrogen) atoms. The SMILES string of the molecule is Cn1c(-c2ccc(NCCO)cc2)nc2c(F)cccc21. The van der Waals surface area contributed by atoms with E-state index in [1.165, 1.54) is 6.07 Å². The highest BCUT2D eigenvalue weighted by Crippen LogP contribution is 2.26. The van der Waals surface area contributed by atoms with Gasteiger partial charge in [-0.1, -0.05) is 6.07 Å². The largest absolute Gasteiger partial charge is 0.395 e. The van der Waals surface area contributed by atoms with Gasteiger partial charge in [-0.3, -0.25) is 0 Å². The molecule has 0 amide bonds. The number of aryl methyl sites for hydroxylation is 1. The van der Waals surface area contributed by atoms with Gasteiger partial charge in [0.15, 0.2) is 5.82 Å². The number of anilines is 1. The summed E-state index contributed by atoms with van der Waals surface area (Å²) in [7, 11) is 1.88. The molecule has 1 aromatic heterocycles. The van der Waals surface area contributed by atoms with Crippen LogP contribution in [0.4, 0.5) is 10.1 Å². The molecule has 0 atom stereocenters. The first-order chi connectivity index (χ1) is 10.2. The number of aliphatic hydroxyl groups is 1. The minimum absolute atomic E-state index is 0.0891. The number of halogens is 1. The molecular formula is C16H16FN3O. The third-order valence-corrected chi connectivity index (χ3v) is 3.45. The Labute approximate surface area is 121 Å². The van der Waals surface area contributed by atoms with Gasteiger partial charge in [0.1, 0.15) is 11.3 Å². The summed E-state index contributed by atoms with van der Waals surface area (Å²) in [4.78, 5) is 4.40. The first kappa shape index (κ1) is 13.6. The standard InChI is InChI=1S/C16H16FN3O/c1-20-14-4-2-3-13(17)15(14)19-16(20)11-5-7-12(8-6-11)18-9-10-21/h2-8,18,21H,9-10H2,1H3. The predicted molar refractivity (Wildman–Crippen MR) is 81.7 cm³/mol. The van der Waals surface area contributed by atoms with E-state index in [0.717, 1.165) is 22.6 Å². The second kappa shape index (κ2) is 5.54. The Morgan fingerprint density at radius 2 is 1.95 bits per heavy atom. The molecule has 0 bridgehead atoms. The van der Waals surface area contributed by atoms with Gasteiger partial charge in [-0.25, -0.2) is 9.37 Å². The lowest BCUT2D eigenvalue weighted by Crippen LogP contribution is -2.05. The molecule has 0 aliphatic carbocycles. The average Bonchev–Trinajstić information content (AvgIpc) is 2.85. The summed E-state index contributed by atoms with van der Waals surface area (Å²) in [6, 6.07) is 12.6. The summed E-state index contributed by atoms with van der Waals surface area (Å²) >= 11 is 0. The van der Waals surface area contributed by atoms with E-state index in [4.69, 9.17) is 5.11 Å². The molecule has 0 radical (unpaired) electrons. The summed E-state index contributed by atoms with van der Waals surface area (Å²) in [5.41, 5.74) is 3.00. The highest BCUT2D eigenvalue weighted by molar-refractivity contribution is 5.81. The van der Waals surface area contributed by atoms with Gasteiger partial charge < -0.3 is 15.0 Å². The second-order valence-electron chi connectivity index (χ2n) is 4.83. The predicted octanol–water partition coefficient (Wildman–Crippen LogP) is 2.78. The number of aliphatic hydroxyl groups excluding tert-OH is 1. The fourth-order valence-corrected chi connectivity index (χ4v) is 2.38. The van der Waals surface area contributed by atoms with Crippen LogP contribution in [0.3, 0.4) is 0 Å². The van der Waals surface area contributed by atoms with Gasteiger partial charge >= 0.3 is 0 Å². The van der Waals surface area contributed by atoms with Crippen molar-refractivity contribution in [1.82, 2.24) is 9.55 Å². The van der Waals surface area contributed by atoms with Crippen molar-refractivity contribution in [2.75, 3.05) is 18.5 Å². The molecule has 0 spiro atoms. The second-order valence-corrected chi connectivity index (χ2v) is 4.83. The summed E-state index contributed by atoms with van der Waals surface area (Å²) in [6.07, 6.45) is 0. The number of rotatable bonds is 4. The van der Waals surface area contributed by atoms with Gasteiger partial charge in [0, 0.05) is 24.8 Å². The van der Waals surface area contributed by atoms with Crippen molar-refractivity contribution in [3.05, 3.63) is 48.3 Å². The van der Waals surface area contributed by atoms with Crippen LogP contribution in [-0.4, -0.2) is 27.8 Å². The van der Waals surface area contributed by atoms with Gasteiger partial charge in [-0.15, -0.1) is 0 Å². The maximum Gasteiger partial charge on any atom is 0.151 e. The van der Waals surface area contributed by atoms with Crippen LogP contribution in [-0.2, 0) is 7.05 Å². The molecule has 1 heterocycles. The minimum atomic E-state index is -0.310. The molecule has 4 nitrogen and oxygen atoms in total. The molecule has 0 saturated heterocycles. The molecule has 3 aromatic rings. The normalized spacial score (nSPS) is 11.0. The maximum atomic E-state index is 13.8. The van der Waals surface area contributed by atoms with Crippen molar-refractivity contribution in [3.63, 3.8) is 0 Å². The Morgan fingerprint density at radius 1 is 1.19 bits per heavy atom. The highest BCUT2D eigenvalue weighted by atomic mass is 19.1. The molecule has 2 N–H and O–H groups in total. The van der Waals surface area contributed by atoms with Crippen molar-refractivity contribution in [2.24, 2.45) is 7.05 Å². The summed E-state index contributed by atoms with van der Waals surface area (Å²) in [5.74, 6) is 0.416. The van der Waals surface area contributed by atoms with Crippen LogP contribution in [0.15, 0.2) is 42.5 Å². The van der Waals surface area contributed by atoms with Crippen LogP contribution in [0, 0.1) is 5.82 Å². The van der Waals surface area contributed by atoms with Gasteiger partial charge in [-0.2, -0.15) is 0 Å². The maximum absolute atomic E-state index is 13.8. The van der Waals surface area contributed by atoms with E-state index in [2.05, 4.69) is 10.3 Å². The molecule has 2 aromatic carbocycles. The molecule has 0 unspecified atom stereocenters. The first-order valence-electron chi connectivity index (χ1n) is 6.77. The van der Waals surface area contributed by atoms with Crippen LogP contribution in [0.25, 0.3) is 22.4 Å². The molecular weight excluding hydrogens is 269 g/mol. The Bertz CT molecular complexity index is 765. The summed E-state index contributed by atoms with van der Waals surface area (Å²) in [5, 5.41) is 11.9. The number of imidazole rings is 1. The summed E-state index contributed by atoms with van der Waals surface area (Å²) < 4.78 is 15.7. The fourth-order valence-electron chi connectivity index (χ4n) is 2.38. The lowest BCUT2D eigenvalue weighted by Gasteiger charge is -2.06. The van der Waals surface area contributed by atoms with Gasteiger partial charge in [0.25, 0.3) is 0 Å². The number of nitrogens with one attached hydrogen (secondary N) is 1. The number of hydrogen-bond acceptors (Lipinski definition) is 3. The average molecular weight is 285 g/mol. The molecule has 5 heteroatoms. The zero-order chi connectivity index (χ0) is 14.8. The molecule has 0 fully saturated rings. The first-order valence-corrected chi connectivity index (χ1v) is 6.77. The molecule has 0 aliphatic rings. The number of para-hydroxylation sites is 1. The Morgan fingerprint density at radius 3 is 2.62 bits per heavy atom. The highest BCUT2D eigenvalue weighted by Gasteiger charge is 2.12. The number of aromatic nitrogens is 2. The van der Waals surface area contributed by atoms with Crippen molar-refractivity contribution >= 4 is 16.7 Å². The quantitative estimate of drug-likeness (QED) is 0.775. The lowest BCUT2D eigenvalue weighted by atomic mass is 10.2. The Balaban J connectivity index is 2.00. The molecule has 3 rings (SSSR count). The van der Waals surface area contributed by atoms with Crippen LogP contribution < -0.4 is 5.32 Å². The van der Waals surface area contributed by atoms with Crippen molar-refractivity contribution in [3.8, 4) is 11.4 Å². The van der Waals surface area contributed by atoms with Crippen LogP contribution in [0.2, 0.25) is 0 Å². The van der Waals surface area contributed by atoms with Crippen LogP contribution >= 0.6 is 0 Å². The Hall–Kier alpha value is -2.40. The zero-order valence-corrected chi connectivity index (χ0v) is 11.7. The molecule has 0 aliphatic heterocycles. The molecule has 0 saturated carbocycles. The van der Waals surface area contributed by atoms with E-state index >= 15 is 0 Å². The van der Waals surface area contributed by atoms with E-state index in [-0.39, 0.29) is 12.4 Å². The van der Waals surface area contributed by atoms with Crippen molar-refractivity contribution in [2.45, 2.75) is 0 Å². The van der Waals surface area contributed by atoms with Gasteiger partial charge in [-0.05, 0) is 36.4 Å². The van der Waals surface area contributed by atoms with Gasteiger partial charge in [0.2, 0.25) is 0 Å². The van der Waals surface area contributed by atoms with E-state index < -0.39 is 0 Å². The van der Waals surface area contributed by atoms with Crippen molar-refractivity contribution in [1.29, 1.82) is 0 Å². The number of fused-ring (bicyclic) bond motifs is 1. The van der Waals surface area contributed by atoms with E-state index in [9.17, 15) is 4.39 Å². The summed E-state index contributed by atoms with van der Waals surface area (Å²) in [6.45, 7) is 0.600. The third kappa shape index (κ3) is 2.48. The van der Waals surface area contributed by atoms with Gasteiger partial charge in [0.05, 0.1) is 12.1 Å². The minimum Gasteiger partial charge on any atom is -0.395 e. The third-order valence-electron chi connectivity index (χ3n) is 3.45. The molecule has 108 valence electrons.